The van der Waals surface area contributed by atoms with E-state index in [0.717, 1.165) is 33.9 Å². The fourth-order valence-electron chi connectivity index (χ4n) is 3.35. The number of benzene rings is 1. The van der Waals surface area contributed by atoms with Gasteiger partial charge in [-0.1, -0.05) is 18.2 Å². The maximum absolute atomic E-state index is 15.1. The van der Waals surface area contributed by atoms with Crippen molar-refractivity contribution in [3.63, 3.8) is 0 Å². The van der Waals surface area contributed by atoms with E-state index in [0.29, 0.717) is 12.0 Å². The van der Waals surface area contributed by atoms with Crippen LogP contribution in [-0.4, -0.2) is 43.7 Å². The first kappa shape index (κ1) is 24.4. The molecule has 184 valence electrons. The lowest BCUT2D eigenvalue weighted by molar-refractivity contribution is -0.140. The Labute approximate surface area is 196 Å². The van der Waals surface area contributed by atoms with Crippen LogP contribution in [0.3, 0.4) is 0 Å². The van der Waals surface area contributed by atoms with Crippen molar-refractivity contribution >= 4 is 9.84 Å². The molecule has 0 bridgehead atoms. The van der Waals surface area contributed by atoms with Crippen molar-refractivity contribution in [1.82, 2.24) is 29.5 Å². The third-order valence-electron chi connectivity index (χ3n) is 4.95. The van der Waals surface area contributed by atoms with E-state index in [2.05, 4.69) is 20.3 Å². The Morgan fingerprint density at radius 2 is 1.86 bits per heavy atom. The third-order valence-corrected chi connectivity index (χ3v) is 6.73. The monoisotopic (exact) mass is 512 g/mol. The Bertz CT molecular complexity index is 1480. The molecule has 0 saturated heterocycles. The molecule has 0 aliphatic heterocycles. The molecule has 0 N–H and O–H groups in total. The van der Waals surface area contributed by atoms with Crippen LogP contribution in [0.25, 0.3) is 22.6 Å². The van der Waals surface area contributed by atoms with Gasteiger partial charge in [0.15, 0.2) is 27.2 Å². The van der Waals surface area contributed by atoms with Gasteiger partial charge in [-0.3, -0.25) is 4.98 Å². The first-order valence-electron chi connectivity index (χ1n) is 10.2. The lowest BCUT2D eigenvalue weighted by atomic mass is 10.2. The lowest BCUT2D eigenvalue weighted by Crippen LogP contribution is -2.12. The SMILES string of the molecule is CCCS(=O)(=O)Cc1ccc(F)c(-n2cc(-c3cncc(-n4cnc(C(F)(F)F)c4)c3)nn2)c1F. The summed E-state index contributed by atoms with van der Waals surface area (Å²) in [4.78, 5) is 7.30. The second-order valence-electron chi connectivity index (χ2n) is 7.61. The maximum atomic E-state index is 15.1. The van der Waals surface area contributed by atoms with Gasteiger partial charge in [0, 0.05) is 23.5 Å². The van der Waals surface area contributed by atoms with E-state index in [1.807, 2.05) is 0 Å². The lowest BCUT2D eigenvalue weighted by Gasteiger charge is -2.09. The number of sulfone groups is 1. The highest BCUT2D eigenvalue weighted by Gasteiger charge is 2.33. The van der Waals surface area contributed by atoms with Crippen molar-refractivity contribution in [2.75, 3.05) is 5.75 Å². The zero-order valence-corrected chi connectivity index (χ0v) is 18.9. The molecule has 3 heterocycles. The topological polar surface area (TPSA) is 95.6 Å². The Morgan fingerprint density at radius 1 is 1.09 bits per heavy atom. The molecule has 4 aromatic rings. The average Bonchev–Trinajstić information content (AvgIpc) is 3.46. The van der Waals surface area contributed by atoms with Gasteiger partial charge in [0.1, 0.15) is 11.4 Å². The van der Waals surface area contributed by atoms with Crippen LogP contribution < -0.4 is 0 Å². The smallest absolute Gasteiger partial charge is 0.304 e. The van der Waals surface area contributed by atoms with E-state index in [1.165, 1.54) is 24.7 Å². The molecule has 0 fully saturated rings. The highest BCUT2D eigenvalue weighted by Crippen LogP contribution is 2.29. The number of aromatic nitrogens is 6. The van der Waals surface area contributed by atoms with Crippen molar-refractivity contribution in [2.45, 2.75) is 25.3 Å². The Hall–Kier alpha value is -3.68. The number of halogens is 5. The predicted octanol–water partition coefficient (Wildman–Crippen LogP) is 4.14. The Morgan fingerprint density at radius 3 is 2.54 bits per heavy atom. The number of hydrogen-bond donors (Lipinski definition) is 0. The molecule has 0 amide bonds. The van der Waals surface area contributed by atoms with E-state index in [4.69, 9.17) is 0 Å². The van der Waals surface area contributed by atoms with Gasteiger partial charge in [0.2, 0.25) is 0 Å². The van der Waals surface area contributed by atoms with Gasteiger partial charge >= 0.3 is 6.18 Å². The summed E-state index contributed by atoms with van der Waals surface area (Å²) in [7, 11) is -3.59. The molecular formula is C21H17F5N6O2S. The van der Waals surface area contributed by atoms with Crippen molar-refractivity contribution in [3.05, 3.63) is 72.2 Å². The van der Waals surface area contributed by atoms with Crippen molar-refractivity contribution in [2.24, 2.45) is 0 Å². The first-order valence-corrected chi connectivity index (χ1v) is 12.0. The summed E-state index contributed by atoms with van der Waals surface area (Å²) in [5.41, 5.74) is -1.24. The molecule has 1 aromatic carbocycles. The van der Waals surface area contributed by atoms with Crippen LogP contribution in [0.1, 0.15) is 24.6 Å². The summed E-state index contributed by atoms with van der Waals surface area (Å²) in [6.07, 6.45) is 1.35. The Balaban J connectivity index is 1.67. The maximum Gasteiger partial charge on any atom is 0.434 e. The zero-order chi connectivity index (χ0) is 25.4. The van der Waals surface area contributed by atoms with Crippen LogP contribution in [0.2, 0.25) is 0 Å². The summed E-state index contributed by atoms with van der Waals surface area (Å²) in [6.45, 7) is 1.67. The molecule has 0 spiro atoms. The quantitative estimate of drug-likeness (QED) is 0.346. The largest absolute Gasteiger partial charge is 0.434 e. The van der Waals surface area contributed by atoms with Crippen molar-refractivity contribution < 1.29 is 30.4 Å². The minimum absolute atomic E-state index is 0.123. The van der Waals surface area contributed by atoms with E-state index in [1.54, 1.807) is 6.92 Å². The molecule has 14 heteroatoms. The number of imidazole rings is 1. The minimum Gasteiger partial charge on any atom is -0.304 e. The summed E-state index contributed by atoms with van der Waals surface area (Å²) in [5, 5.41) is 7.61. The van der Waals surface area contributed by atoms with Crippen LogP contribution in [0.5, 0.6) is 0 Å². The molecule has 0 radical (unpaired) electrons. The van der Waals surface area contributed by atoms with Gasteiger partial charge in [-0.25, -0.2) is 26.9 Å². The van der Waals surface area contributed by atoms with Crippen LogP contribution in [0, 0.1) is 11.6 Å². The van der Waals surface area contributed by atoms with Crippen LogP contribution in [-0.2, 0) is 21.8 Å². The van der Waals surface area contributed by atoms with Crippen molar-refractivity contribution in [3.8, 4) is 22.6 Å². The highest BCUT2D eigenvalue weighted by molar-refractivity contribution is 7.90. The molecule has 4 rings (SSSR count). The fraction of sp³-hybridized carbons (Fsp3) is 0.238. The number of rotatable bonds is 7. The number of nitrogens with zero attached hydrogens (tertiary/aromatic N) is 6. The molecule has 0 saturated carbocycles. The second-order valence-corrected chi connectivity index (χ2v) is 9.79. The molecule has 8 nitrogen and oxygen atoms in total. The van der Waals surface area contributed by atoms with Gasteiger partial charge in [-0.15, -0.1) is 5.10 Å². The molecule has 0 aliphatic carbocycles. The number of hydrogen-bond acceptors (Lipinski definition) is 6. The van der Waals surface area contributed by atoms with Gasteiger partial charge in [0.25, 0.3) is 0 Å². The summed E-state index contributed by atoms with van der Waals surface area (Å²) in [5.74, 6) is -2.82. The highest BCUT2D eigenvalue weighted by atomic mass is 32.2. The van der Waals surface area contributed by atoms with Gasteiger partial charge in [-0.2, -0.15) is 13.2 Å². The summed E-state index contributed by atoms with van der Waals surface area (Å²) < 4.78 is 94.3. The van der Waals surface area contributed by atoms with Gasteiger partial charge < -0.3 is 4.57 Å². The summed E-state index contributed by atoms with van der Waals surface area (Å²) >= 11 is 0. The average molecular weight is 512 g/mol. The fourth-order valence-corrected chi connectivity index (χ4v) is 4.81. The Kier molecular flexibility index (Phi) is 6.40. The second kappa shape index (κ2) is 9.17. The van der Waals surface area contributed by atoms with Crippen molar-refractivity contribution in [1.29, 1.82) is 0 Å². The van der Waals surface area contributed by atoms with E-state index in [9.17, 15) is 26.0 Å². The number of alkyl halides is 3. The van der Waals surface area contributed by atoms with E-state index in [-0.39, 0.29) is 22.7 Å². The summed E-state index contributed by atoms with van der Waals surface area (Å²) in [6, 6.07) is 3.45. The van der Waals surface area contributed by atoms with Crippen LogP contribution in [0.4, 0.5) is 22.0 Å². The normalized spacial score (nSPS) is 12.3. The predicted molar refractivity (Wildman–Crippen MR) is 114 cm³/mol. The van der Waals surface area contributed by atoms with E-state index >= 15 is 4.39 Å². The molecule has 35 heavy (non-hydrogen) atoms. The van der Waals surface area contributed by atoms with Crippen LogP contribution >= 0.6 is 0 Å². The first-order chi connectivity index (χ1) is 16.5. The third kappa shape index (κ3) is 5.21. The molecule has 0 unspecified atom stereocenters. The number of pyridine rings is 1. The minimum atomic E-state index is -4.61. The molecular weight excluding hydrogens is 495 g/mol. The molecule has 0 atom stereocenters. The molecule has 3 aromatic heterocycles. The molecule has 0 aliphatic rings. The standard InChI is InChI=1S/C21H17F5N6O2S/c1-2-5-35(33,34)11-13-3-4-16(22)20(19(13)23)32-9-17(29-30-32)14-6-15(8-27-7-14)31-10-18(28-12-31)21(24,25)26/h3-4,6-10,12H,2,5,11H2,1H3. The van der Waals surface area contributed by atoms with E-state index < -0.39 is 44.8 Å². The van der Waals surface area contributed by atoms with Gasteiger partial charge in [-0.05, 0) is 18.6 Å². The van der Waals surface area contributed by atoms with Crippen LogP contribution in [0.15, 0.2) is 49.3 Å². The zero-order valence-electron chi connectivity index (χ0n) is 18.0. The van der Waals surface area contributed by atoms with Gasteiger partial charge in [0.05, 0.1) is 35.9 Å².